The molecule has 9 heteroatoms. The Balaban J connectivity index is 0.000000710. The van der Waals surface area contributed by atoms with Gasteiger partial charge in [0.15, 0.2) is 0 Å². The third-order valence-electron chi connectivity index (χ3n) is 9.46. The fourth-order valence-corrected chi connectivity index (χ4v) is 6.73. The molecule has 0 spiro atoms. The van der Waals surface area contributed by atoms with E-state index in [1.807, 2.05) is 0 Å². The molecule has 0 bridgehead atoms. The summed E-state index contributed by atoms with van der Waals surface area (Å²) in [6, 6.07) is 0. The smallest absolute Gasteiger partial charge is 0.303 e. The number of hydrogen-bond acceptors (Lipinski definition) is 5. The van der Waals surface area contributed by atoms with Crippen molar-refractivity contribution in [1.82, 2.24) is 5.32 Å². The molecule has 2 fully saturated rings. The van der Waals surface area contributed by atoms with E-state index in [2.05, 4.69) is 19.2 Å². The summed E-state index contributed by atoms with van der Waals surface area (Å²) in [7, 11) is 0. The number of halogens is 1. The Labute approximate surface area is 279 Å². The zero-order chi connectivity index (χ0) is 33.8. The van der Waals surface area contributed by atoms with Gasteiger partial charge in [-0.2, -0.15) is 0 Å². The normalized spacial score (nSPS) is 16.7. The highest BCUT2D eigenvalue weighted by atomic mass is 35.5. The predicted octanol–water partition coefficient (Wildman–Crippen LogP) is 9.15. The Morgan fingerprint density at radius 3 is 1.44 bits per heavy atom. The minimum atomic E-state index is -0.743. The van der Waals surface area contributed by atoms with Crippen LogP contribution in [0.1, 0.15) is 181 Å². The first-order valence-corrected chi connectivity index (χ1v) is 18.5. The fourth-order valence-electron chi connectivity index (χ4n) is 6.60. The first kappa shape index (κ1) is 43.3. The first-order chi connectivity index (χ1) is 21.5. The molecule has 2 aliphatic rings. The van der Waals surface area contributed by atoms with E-state index in [-0.39, 0.29) is 34.8 Å². The predicted molar refractivity (Wildman–Crippen MR) is 184 cm³/mol. The van der Waals surface area contributed by atoms with Crippen molar-refractivity contribution in [3.8, 4) is 0 Å². The average molecular weight is 659 g/mol. The van der Waals surface area contributed by atoms with Crippen LogP contribution >= 0.6 is 11.6 Å². The number of carboxylic acids is 2. The molecule has 0 atom stereocenters. The number of carbonyl (C=O) groups is 4. The van der Waals surface area contributed by atoms with Gasteiger partial charge >= 0.3 is 11.9 Å². The summed E-state index contributed by atoms with van der Waals surface area (Å²) in [6.45, 7) is 5.46. The Morgan fingerprint density at radius 1 is 0.622 bits per heavy atom. The highest BCUT2D eigenvalue weighted by molar-refractivity contribution is 6.63. The molecule has 0 aliphatic heterocycles. The number of carbonyl (C=O) groups excluding carboxylic acids is 2. The Bertz CT molecular complexity index is 794. The summed E-state index contributed by atoms with van der Waals surface area (Å²) in [5, 5.41) is 20.6. The summed E-state index contributed by atoms with van der Waals surface area (Å²) >= 11 is 5.18. The molecular weight excluding hydrogens is 592 g/mol. The van der Waals surface area contributed by atoms with Gasteiger partial charge in [-0.05, 0) is 67.5 Å². The number of nitrogens with one attached hydrogen (secondary N) is 1. The van der Waals surface area contributed by atoms with Crippen molar-refractivity contribution in [3.05, 3.63) is 0 Å². The number of carboxylic acid groups (broad SMARTS) is 2. The van der Waals surface area contributed by atoms with Gasteiger partial charge in [0, 0.05) is 19.4 Å². The minimum Gasteiger partial charge on any atom is -0.481 e. The first-order valence-electron chi connectivity index (χ1n) is 18.1. The van der Waals surface area contributed by atoms with Crippen LogP contribution in [0.25, 0.3) is 0 Å². The molecule has 264 valence electrons. The lowest BCUT2D eigenvalue weighted by Crippen LogP contribution is -2.40. The molecular formula is C36H67ClN2O6. The quantitative estimate of drug-likeness (QED) is 0.0710. The second-order valence-corrected chi connectivity index (χ2v) is 14.1. The van der Waals surface area contributed by atoms with Crippen molar-refractivity contribution in [3.63, 3.8) is 0 Å². The monoisotopic (exact) mass is 658 g/mol. The molecule has 45 heavy (non-hydrogen) atoms. The summed E-state index contributed by atoms with van der Waals surface area (Å²) < 4.78 is 0. The van der Waals surface area contributed by atoms with E-state index in [1.165, 1.54) is 64.2 Å². The van der Waals surface area contributed by atoms with Crippen molar-refractivity contribution in [2.45, 2.75) is 181 Å². The Kier molecular flexibility index (Phi) is 26.4. The molecule has 1 amide bonds. The number of unbranched alkanes of at least 4 members (excludes halogenated alkanes) is 10. The van der Waals surface area contributed by atoms with E-state index < -0.39 is 11.9 Å². The zero-order valence-corrected chi connectivity index (χ0v) is 29.5. The van der Waals surface area contributed by atoms with Crippen molar-refractivity contribution in [1.29, 1.82) is 0 Å². The number of amides is 1. The van der Waals surface area contributed by atoms with Gasteiger partial charge in [0.25, 0.3) is 0 Å². The zero-order valence-electron chi connectivity index (χ0n) is 28.8. The molecule has 0 radical (unpaired) electrons. The van der Waals surface area contributed by atoms with Gasteiger partial charge in [-0.1, -0.05) is 117 Å². The topological polar surface area (TPSA) is 147 Å². The van der Waals surface area contributed by atoms with Crippen LogP contribution in [0, 0.1) is 10.8 Å². The second-order valence-electron chi connectivity index (χ2n) is 13.6. The molecule has 5 N–H and O–H groups in total. The summed E-state index contributed by atoms with van der Waals surface area (Å²) in [4.78, 5) is 43.9. The largest absolute Gasteiger partial charge is 0.481 e. The lowest BCUT2D eigenvalue weighted by atomic mass is 9.71. The molecule has 0 heterocycles. The van der Waals surface area contributed by atoms with Crippen LogP contribution in [0.2, 0.25) is 0 Å². The third-order valence-corrected chi connectivity index (χ3v) is 9.65. The van der Waals surface area contributed by atoms with Gasteiger partial charge in [-0.15, -0.1) is 0 Å². The van der Waals surface area contributed by atoms with E-state index in [4.69, 9.17) is 27.5 Å². The highest BCUT2D eigenvalue weighted by Gasteiger charge is 2.35. The molecule has 2 rings (SSSR count). The number of nitrogens with two attached hydrogens (primary N) is 1. The van der Waals surface area contributed by atoms with Crippen molar-refractivity contribution in [2.75, 3.05) is 13.1 Å². The van der Waals surface area contributed by atoms with E-state index >= 15 is 0 Å². The van der Waals surface area contributed by atoms with Gasteiger partial charge in [-0.3, -0.25) is 19.2 Å². The SMILES string of the molecule is CCCCCCCCC(=O)Cl.CCCCCCCCC(=O)NCC1(CC(=O)O)CCCCC1.NCC1(CC(=O)O)CCCCC1. The van der Waals surface area contributed by atoms with Gasteiger partial charge in [0.05, 0.1) is 12.8 Å². The number of rotatable bonds is 21. The molecule has 0 aromatic rings. The van der Waals surface area contributed by atoms with E-state index in [0.717, 1.165) is 77.0 Å². The van der Waals surface area contributed by atoms with Crippen LogP contribution < -0.4 is 11.1 Å². The van der Waals surface area contributed by atoms with Crippen LogP contribution in [0.5, 0.6) is 0 Å². The van der Waals surface area contributed by atoms with Gasteiger partial charge in [0.1, 0.15) is 0 Å². The maximum Gasteiger partial charge on any atom is 0.303 e. The Hall–Kier alpha value is -1.67. The number of aliphatic carboxylic acids is 2. The molecule has 2 aliphatic carbocycles. The fraction of sp³-hybridized carbons (Fsp3) is 0.889. The summed E-state index contributed by atoms with van der Waals surface area (Å²) in [6.07, 6.45) is 26.6. The minimum absolute atomic E-state index is 0.0793. The van der Waals surface area contributed by atoms with Crippen molar-refractivity contribution >= 4 is 34.7 Å². The van der Waals surface area contributed by atoms with E-state index in [1.54, 1.807) is 0 Å². The maximum atomic E-state index is 11.9. The van der Waals surface area contributed by atoms with Gasteiger partial charge in [0.2, 0.25) is 11.1 Å². The van der Waals surface area contributed by atoms with Gasteiger partial charge < -0.3 is 21.3 Å². The van der Waals surface area contributed by atoms with E-state index in [9.17, 15) is 19.2 Å². The lowest BCUT2D eigenvalue weighted by molar-refractivity contribution is -0.141. The van der Waals surface area contributed by atoms with Crippen LogP contribution in [-0.4, -0.2) is 46.4 Å². The highest BCUT2D eigenvalue weighted by Crippen LogP contribution is 2.39. The molecule has 0 unspecified atom stereocenters. The molecule has 2 saturated carbocycles. The number of hydrogen-bond donors (Lipinski definition) is 4. The standard InChI is InChI=1S/C18H33NO3.C9H17ClO.C9H17NO2/c1-2-3-4-5-6-8-11-16(20)19-15-18(14-17(21)22)12-9-7-10-13-18;1-2-3-4-5-6-7-8-9(10)11;10-7-9(6-8(11)12)4-2-1-3-5-9/h2-15H2,1H3,(H,19,20)(H,21,22);2-8H2,1H3;1-7,10H2,(H,11,12). The van der Waals surface area contributed by atoms with Crippen molar-refractivity contribution in [2.24, 2.45) is 16.6 Å². The summed E-state index contributed by atoms with van der Waals surface area (Å²) in [5.74, 6) is -1.36. The molecule has 8 nitrogen and oxygen atoms in total. The van der Waals surface area contributed by atoms with Crippen LogP contribution in [0.4, 0.5) is 0 Å². The molecule has 0 saturated heterocycles. The lowest BCUT2D eigenvalue weighted by Gasteiger charge is -2.36. The van der Waals surface area contributed by atoms with Crippen LogP contribution in [0.3, 0.4) is 0 Å². The average Bonchev–Trinajstić information content (AvgIpc) is 3.00. The molecule has 0 aromatic heterocycles. The summed E-state index contributed by atoms with van der Waals surface area (Å²) in [5.41, 5.74) is 5.34. The van der Waals surface area contributed by atoms with Gasteiger partial charge in [-0.25, -0.2) is 0 Å². The van der Waals surface area contributed by atoms with Crippen LogP contribution in [-0.2, 0) is 19.2 Å². The van der Waals surface area contributed by atoms with Crippen LogP contribution in [0.15, 0.2) is 0 Å². The third kappa shape index (κ3) is 24.2. The van der Waals surface area contributed by atoms with Crippen molar-refractivity contribution < 1.29 is 29.4 Å². The Morgan fingerprint density at radius 2 is 1.02 bits per heavy atom. The second kappa shape index (κ2) is 27.4. The maximum absolute atomic E-state index is 11.9. The molecule has 0 aromatic carbocycles. The van der Waals surface area contributed by atoms with E-state index in [0.29, 0.717) is 25.9 Å².